The zero-order chi connectivity index (χ0) is 26.2. The Labute approximate surface area is 219 Å². The van der Waals surface area contributed by atoms with Crippen LogP contribution in [0, 0.1) is 6.92 Å². The second-order valence-corrected chi connectivity index (χ2v) is 9.81. The summed E-state index contributed by atoms with van der Waals surface area (Å²) in [6.45, 7) is 7.80. The van der Waals surface area contributed by atoms with Crippen molar-refractivity contribution in [1.82, 2.24) is 4.90 Å². The highest BCUT2D eigenvalue weighted by molar-refractivity contribution is 7.99. The van der Waals surface area contributed by atoms with Gasteiger partial charge in [-0.3, -0.25) is 0 Å². The van der Waals surface area contributed by atoms with E-state index in [4.69, 9.17) is 9.47 Å². The Balaban J connectivity index is 1.88. The van der Waals surface area contributed by atoms with E-state index in [9.17, 15) is 14.7 Å². The van der Waals surface area contributed by atoms with Crippen LogP contribution in [-0.4, -0.2) is 65.9 Å². The molecule has 0 fully saturated rings. The van der Waals surface area contributed by atoms with Gasteiger partial charge < -0.3 is 24.8 Å². The molecule has 0 bridgehead atoms. The minimum Gasteiger partial charge on any atom is -0.492 e. The summed E-state index contributed by atoms with van der Waals surface area (Å²) in [7, 11) is 0. The summed E-state index contributed by atoms with van der Waals surface area (Å²) in [5.74, 6) is 1.69. The van der Waals surface area contributed by atoms with Gasteiger partial charge in [-0.25, -0.2) is 9.59 Å². The van der Waals surface area contributed by atoms with Crippen molar-refractivity contribution >= 4 is 29.4 Å². The Kier molecular flexibility index (Phi) is 13.8. The maximum absolute atomic E-state index is 13.0. The van der Waals surface area contributed by atoms with Gasteiger partial charge in [-0.1, -0.05) is 49.6 Å². The van der Waals surface area contributed by atoms with Crippen molar-refractivity contribution in [3.05, 3.63) is 59.7 Å². The molecule has 2 aromatic rings. The largest absolute Gasteiger partial charge is 0.492 e. The molecule has 0 aliphatic rings. The van der Waals surface area contributed by atoms with Crippen LogP contribution in [0.2, 0.25) is 0 Å². The third-order valence-electron chi connectivity index (χ3n) is 5.61. The summed E-state index contributed by atoms with van der Waals surface area (Å²) >= 11 is 1.87. The maximum Gasteiger partial charge on any atom is 0.333 e. The number of nitrogens with one attached hydrogen (secondary N) is 1. The number of amides is 2. The Morgan fingerprint density at radius 3 is 2.36 bits per heavy atom. The molecule has 0 spiro atoms. The molecule has 0 aromatic heterocycles. The van der Waals surface area contributed by atoms with Gasteiger partial charge in [0.1, 0.15) is 12.4 Å². The summed E-state index contributed by atoms with van der Waals surface area (Å²) in [5, 5.41) is 12.3. The van der Waals surface area contributed by atoms with Gasteiger partial charge in [0.05, 0.1) is 6.54 Å². The lowest BCUT2D eigenvalue weighted by molar-refractivity contribution is -0.149. The first-order valence-electron chi connectivity index (χ1n) is 12.7. The van der Waals surface area contributed by atoms with Gasteiger partial charge in [-0.05, 0) is 55.9 Å². The van der Waals surface area contributed by atoms with E-state index in [1.54, 1.807) is 11.8 Å². The number of carbonyl (C=O) groups excluding carboxylic acids is 1. The van der Waals surface area contributed by atoms with Crippen LogP contribution in [0.3, 0.4) is 0 Å². The molecule has 0 aliphatic heterocycles. The van der Waals surface area contributed by atoms with Gasteiger partial charge in [-0.2, -0.15) is 11.8 Å². The van der Waals surface area contributed by atoms with E-state index in [1.165, 1.54) is 19.3 Å². The number of unbranched alkanes of at least 4 members (excludes halogenated alkanes) is 2. The fourth-order valence-electron chi connectivity index (χ4n) is 3.51. The quantitative estimate of drug-likeness (QED) is 0.256. The third-order valence-corrected chi connectivity index (χ3v) is 6.65. The molecule has 7 nitrogen and oxygen atoms in total. The van der Waals surface area contributed by atoms with Gasteiger partial charge in [0.25, 0.3) is 0 Å². The molecule has 198 valence electrons. The van der Waals surface area contributed by atoms with Crippen LogP contribution in [0.15, 0.2) is 48.5 Å². The number of nitrogens with zero attached hydrogens (tertiary/aromatic N) is 1. The van der Waals surface area contributed by atoms with Crippen molar-refractivity contribution in [3.63, 3.8) is 0 Å². The summed E-state index contributed by atoms with van der Waals surface area (Å²) in [6.07, 6.45) is 3.08. The number of hydrogen-bond donors (Lipinski definition) is 2. The van der Waals surface area contributed by atoms with Gasteiger partial charge in [0, 0.05) is 31.0 Å². The first-order chi connectivity index (χ1) is 17.4. The highest BCUT2D eigenvalue weighted by Gasteiger charge is 2.18. The molecule has 0 radical (unpaired) electrons. The standard InChI is InChI=1S/C28H40N2O5S/c1-4-6-7-19-36-20-17-30(28(33)29-24-12-8-22(3)9-13-24)16-18-35-25-14-10-23(11-15-25)21-26(27(31)32)34-5-2/h8-15,26H,4-7,16-21H2,1-3H3,(H,29,33)(H,31,32). The number of urea groups is 1. The first kappa shape index (κ1) is 29.5. The van der Waals surface area contributed by atoms with Crippen molar-refractivity contribution in [2.75, 3.05) is 43.1 Å². The van der Waals surface area contributed by atoms with Crippen LogP contribution in [0.5, 0.6) is 5.75 Å². The number of ether oxygens (including phenoxy) is 2. The average Bonchev–Trinajstić information content (AvgIpc) is 2.87. The van der Waals surface area contributed by atoms with Crippen molar-refractivity contribution in [3.8, 4) is 5.75 Å². The van der Waals surface area contributed by atoms with E-state index < -0.39 is 12.1 Å². The van der Waals surface area contributed by atoms with Crippen molar-refractivity contribution < 1.29 is 24.2 Å². The number of benzene rings is 2. The Bertz CT molecular complexity index is 905. The molecular formula is C28H40N2O5S. The van der Waals surface area contributed by atoms with Crippen LogP contribution in [0.25, 0.3) is 0 Å². The minimum atomic E-state index is -0.968. The fourth-order valence-corrected chi connectivity index (χ4v) is 4.48. The lowest BCUT2D eigenvalue weighted by atomic mass is 10.1. The van der Waals surface area contributed by atoms with Crippen molar-refractivity contribution in [1.29, 1.82) is 0 Å². The molecule has 2 rings (SSSR count). The molecule has 1 atom stereocenters. The van der Waals surface area contributed by atoms with E-state index in [2.05, 4.69) is 12.2 Å². The minimum absolute atomic E-state index is 0.136. The lowest BCUT2D eigenvalue weighted by Crippen LogP contribution is -2.39. The zero-order valence-corrected chi connectivity index (χ0v) is 22.5. The predicted molar refractivity (Wildman–Crippen MR) is 147 cm³/mol. The van der Waals surface area contributed by atoms with Gasteiger partial charge >= 0.3 is 12.0 Å². The second-order valence-electron chi connectivity index (χ2n) is 8.58. The van der Waals surface area contributed by atoms with Crippen LogP contribution in [0.1, 0.15) is 44.2 Å². The molecule has 0 aliphatic carbocycles. The van der Waals surface area contributed by atoms with Crippen molar-refractivity contribution in [2.24, 2.45) is 0 Å². The first-order valence-corrected chi connectivity index (χ1v) is 13.8. The number of hydrogen-bond acceptors (Lipinski definition) is 5. The van der Waals surface area contributed by atoms with Gasteiger partial charge in [0.2, 0.25) is 0 Å². The Morgan fingerprint density at radius 2 is 1.72 bits per heavy atom. The molecule has 0 heterocycles. The average molecular weight is 517 g/mol. The van der Waals surface area contributed by atoms with Crippen molar-refractivity contribution in [2.45, 2.75) is 52.6 Å². The number of carbonyl (C=O) groups is 2. The summed E-state index contributed by atoms with van der Waals surface area (Å²) in [4.78, 5) is 26.0. The lowest BCUT2D eigenvalue weighted by Gasteiger charge is -2.23. The van der Waals surface area contributed by atoms with E-state index in [0.717, 1.165) is 28.3 Å². The monoisotopic (exact) mass is 516 g/mol. The smallest absolute Gasteiger partial charge is 0.333 e. The fraction of sp³-hybridized carbons (Fsp3) is 0.500. The van der Waals surface area contributed by atoms with E-state index in [1.807, 2.05) is 67.2 Å². The molecule has 36 heavy (non-hydrogen) atoms. The number of aryl methyl sites for hydroxylation is 1. The molecule has 2 aromatic carbocycles. The molecular weight excluding hydrogens is 476 g/mol. The number of thioether (sulfide) groups is 1. The highest BCUT2D eigenvalue weighted by atomic mass is 32.2. The highest BCUT2D eigenvalue weighted by Crippen LogP contribution is 2.16. The van der Waals surface area contributed by atoms with Gasteiger partial charge in [0.15, 0.2) is 6.10 Å². The summed E-state index contributed by atoms with van der Waals surface area (Å²) in [6, 6.07) is 15.0. The number of carboxylic acid groups (broad SMARTS) is 1. The molecule has 1 unspecified atom stereocenters. The Hall–Kier alpha value is -2.71. The van der Waals surface area contributed by atoms with Crippen LogP contribution < -0.4 is 10.1 Å². The van der Waals surface area contributed by atoms with Gasteiger partial charge in [-0.15, -0.1) is 0 Å². The normalized spacial score (nSPS) is 11.6. The van der Waals surface area contributed by atoms with Crippen LogP contribution in [0.4, 0.5) is 10.5 Å². The number of anilines is 1. The molecule has 8 heteroatoms. The molecule has 0 saturated heterocycles. The topological polar surface area (TPSA) is 88.1 Å². The third kappa shape index (κ3) is 11.4. The van der Waals surface area contributed by atoms with Crippen LogP contribution in [-0.2, 0) is 16.0 Å². The molecule has 2 N–H and O–H groups in total. The summed E-state index contributed by atoms with van der Waals surface area (Å²) in [5.41, 5.74) is 2.78. The van der Waals surface area contributed by atoms with Crippen LogP contribution >= 0.6 is 11.8 Å². The predicted octanol–water partition coefficient (Wildman–Crippen LogP) is 5.86. The number of carboxylic acids is 1. The molecule has 0 saturated carbocycles. The SMILES string of the molecule is CCCCCSCCN(CCOc1ccc(CC(OCC)C(=O)O)cc1)C(=O)Nc1ccc(C)cc1. The Morgan fingerprint density at radius 1 is 1.00 bits per heavy atom. The number of aliphatic carboxylic acids is 1. The zero-order valence-electron chi connectivity index (χ0n) is 21.7. The number of rotatable bonds is 17. The van der Waals surface area contributed by atoms with E-state index in [0.29, 0.717) is 38.5 Å². The van der Waals surface area contributed by atoms with E-state index >= 15 is 0 Å². The molecule has 2 amide bonds. The second kappa shape index (κ2) is 16.9. The maximum atomic E-state index is 13.0. The van der Waals surface area contributed by atoms with E-state index in [-0.39, 0.29) is 6.03 Å². The summed E-state index contributed by atoms with van der Waals surface area (Å²) < 4.78 is 11.2.